The van der Waals surface area contributed by atoms with Crippen LogP contribution < -0.4 is 9.80 Å². The van der Waals surface area contributed by atoms with E-state index in [1.165, 1.54) is 23.5 Å². The smallest absolute Gasteiger partial charge is 0.370 e. The summed E-state index contributed by atoms with van der Waals surface area (Å²) in [5, 5.41) is 23.3. The lowest BCUT2D eigenvalue weighted by Gasteiger charge is -2.23. The van der Waals surface area contributed by atoms with E-state index in [1.807, 2.05) is 0 Å². The summed E-state index contributed by atoms with van der Waals surface area (Å²) in [6, 6.07) is 4.55. The van der Waals surface area contributed by atoms with E-state index >= 15 is 0 Å². The Hall–Kier alpha value is -2.95. The van der Waals surface area contributed by atoms with E-state index in [2.05, 4.69) is 42.3 Å². The van der Waals surface area contributed by atoms with Gasteiger partial charge in [0.15, 0.2) is 5.01 Å². The normalized spacial score (nSPS) is 19.5. The molecule has 168 valence electrons. The Morgan fingerprint density at radius 2 is 1.81 bits per heavy atom. The second-order valence-electron chi connectivity index (χ2n) is 7.61. The van der Waals surface area contributed by atoms with E-state index in [4.69, 9.17) is 21.2 Å². The Morgan fingerprint density at radius 3 is 2.50 bits per heavy atom. The minimum Gasteiger partial charge on any atom is -0.370 e. The number of hydrogen-bond acceptors (Lipinski definition) is 10. The van der Waals surface area contributed by atoms with Gasteiger partial charge in [-0.2, -0.15) is 14.4 Å². The van der Waals surface area contributed by atoms with Crippen LogP contribution in [0, 0.1) is 17.7 Å². The maximum atomic E-state index is 13.6. The van der Waals surface area contributed by atoms with Crippen molar-refractivity contribution in [1.82, 2.24) is 30.4 Å². The molecule has 32 heavy (non-hydrogen) atoms. The van der Waals surface area contributed by atoms with E-state index in [0.29, 0.717) is 27.7 Å². The zero-order valence-corrected chi connectivity index (χ0v) is 18.8. The van der Waals surface area contributed by atoms with Gasteiger partial charge in [-0.25, -0.2) is 4.39 Å². The number of fused-ring (bicyclic) bond motifs is 1. The molecule has 10 nitrogen and oxygen atoms in total. The quantitative estimate of drug-likeness (QED) is 0.545. The van der Waals surface area contributed by atoms with Crippen LogP contribution in [0.4, 0.5) is 15.2 Å². The van der Waals surface area contributed by atoms with Crippen LogP contribution in [-0.4, -0.2) is 62.7 Å². The molecule has 4 heterocycles. The zero-order chi connectivity index (χ0) is 22.7. The molecular formula is C19H20ClFN8O2S. The van der Waals surface area contributed by atoms with E-state index in [-0.39, 0.29) is 12.0 Å². The summed E-state index contributed by atoms with van der Waals surface area (Å²) in [6.07, 6.45) is 1.20. The molecule has 2 aromatic heterocycles. The third kappa shape index (κ3) is 4.62. The fourth-order valence-corrected chi connectivity index (χ4v) is 5.16. The molecule has 2 fully saturated rings. The van der Waals surface area contributed by atoms with Crippen molar-refractivity contribution in [3.8, 4) is 10.8 Å². The molecule has 0 N–H and O–H groups in total. The van der Waals surface area contributed by atoms with Crippen molar-refractivity contribution in [2.24, 2.45) is 11.8 Å². The van der Waals surface area contributed by atoms with Crippen LogP contribution in [0.1, 0.15) is 13.3 Å². The fraction of sp³-hybridized carbons (Fsp3) is 0.474. The maximum absolute atomic E-state index is 13.6. The van der Waals surface area contributed by atoms with Crippen LogP contribution in [0.2, 0.25) is 5.02 Å². The van der Waals surface area contributed by atoms with Crippen LogP contribution in [0.25, 0.3) is 10.8 Å². The van der Waals surface area contributed by atoms with Crippen LogP contribution in [-0.2, 0) is 16.1 Å². The number of aromatic nitrogens is 6. The number of anilines is 2. The molecule has 0 bridgehead atoms. The van der Waals surface area contributed by atoms with Crippen LogP contribution >= 0.6 is 22.9 Å². The van der Waals surface area contributed by atoms with Crippen LogP contribution in [0.5, 0.6) is 0 Å². The minimum absolute atomic E-state index is 0.250. The van der Waals surface area contributed by atoms with Crippen LogP contribution in [0.3, 0.4) is 0 Å². The van der Waals surface area contributed by atoms with Gasteiger partial charge in [0.1, 0.15) is 5.82 Å². The van der Waals surface area contributed by atoms with E-state index in [0.717, 1.165) is 50.0 Å². The Morgan fingerprint density at radius 1 is 1.12 bits per heavy atom. The summed E-state index contributed by atoms with van der Waals surface area (Å²) in [7, 11) is 0. The molecule has 3 aromatic rings. The summed E-state index contributed by atoms with van der Waals surface area (Å²) in [5.74, 6) is 1.25. The molecule has 13 heteroatoms. The molecule has 0 aliphatic carbocycles. The monoisotopic (exact) mass is 478 g/mol. The Kier molecular flexibility index (Phi) is 6.73. The standard InChI is InChI=1S/C18H20ClFN8S.CO2/c1-2-5-28-24-16(21-25-28)17-22-23-18(29-17)27-9-11-7-26(8-12(11)10-27)15-6-13(20)3-4-14(15)19;2-1-3/h3-4,6,11-12H,2,5,7-10H2,1H3;. The highest BCUT2D eigenvalue weighted by Gasteiger charge is 2.41. The molecule has 2 aliphatic heterocycles. The fourth-order valence-electron chi connectivity index (χ4n) is 4.13. The maximum Gasteiger partial charge on any atom is 0.373 e. The van der Waals surface area contributed by atoms with E-state index < -0.39 is 0 Å². The summed E-state index contributed by atoms with van der Waals surface area (Å²) < 4.78 is 13.6. The Balaban J connectivity index is 0.000000775. The number of benzene rings is 1. The number of tetrazole rings is 1. The average molecular weight is 479 g/mol. The average Bonchev–Trinajstić information content (AvgIpc) is 3.53. The summed E-state index contributed by atoms with van der Waals surface area (Å²) in [6.45, 7) is 6.34. The third-order valence-electron chi connectivity index (χ3n) is 5.49. The summed E-state index contributed by atoms with van der Waals surface area (Å²) in [4.78, 5) is 22.3. The first-order valence-electron chi connectivity index (χ1n) is 10.1. The first-order valence-corrected chi connectivity index (χ1v) is 11.3. The predicted octanol–water partition coefficient (Wildman–Crippen LogP) is 2.38. The lowest BCUT2D eigenvalue weighted by molar-refractivity contribution is -0.191. The molecule has 5 rings (SSSR count). The Bertz CT molecular complexity index is 1100. The number of hydrogen-bond donors (Lipinski definition) is 0. The summed E-state index contributed by atoms with van der Waals surface area (Å²) >= 11 is 7.78. The van der Waals surface area contributed by atoms with Crippen molar-refractivity contribution in [2.45, 2.75) is 19.9 Å². The Labute approximate surface area is 192 Å². The van der Waals surface area contributed by atoms with Gasteiger partial charge in [0.25, 0.3) is 0 Å². The SMILES string of the molecule is CCCn1nnc(-c2nnc(N3CC4CN(c5cc(F)ccc5Cl)CC4C3)s2)n1.O=C=O. The number of rotatable bonds is 5. The summed E-state index contributed by atoms with van der Waals surface area (Å²) in [5.41, 5.74) is 0.784. The van der Waals surface area contributed by atoms with Gasteiger partial charge in [0.2, 0.25) is 11.0 Å². The molecule has 0 spiro atoms. The van der Waals surface area contributed by atoms with Gasteiger partial charge in [-0.15, -0.1) is 20.4 Å². The minimum atomic E-state index is -0.256. The molecule has 2 atom stereocenters. The van der Waals surface area contributed by atoms with Crippen molar-refractivity contribution in [2.75, 3.05) is 36.0 Å². The first kappa shape index (κ1) is 22.3. The number of halogens is 2. The highest BCUT2D eigenvalue weighted by atomic mass is 35.5. The van der Waals surface area contributed by atoms with E-state index in [9.17, 15) is 4.39 Å². The lowest BCUT2D eigenvalue weighted by Crippen LogP contribution is -2.28. The molecule has 0 amide bonds. The van der Waals surface area contributed by atoms with Crippen LogP contribution in [0.15, 0.2) is 18.2 Å². The third-order valence-corrected chi connectivity index (χ3v) is 6.79. The predicted molar refractivity (Wildman–Crippen MR) is 115 cm³/mol. The lowest BCUT2D eigenvalue weighted by atomic mass is 10.0. The molecule has 0 saturated carbocycles. The number of aryl methyl sites for hydroxylation is 1. The van der Waals surface area contributed by atoms with Gasteiger partial charge < -0.3 is 9.80 Å². The highest BCUT2D eigenvalue weighted by Crippen LogP contribution is 2.39. The topological polar surface area (TPSA) is 110 Å². The van der Waals surface area contributed by atoms with Crippen molar-refractivity contribution in [1.29, 1.82) is 0 Å². The van der Waals surface area contributed by atoms with Gasteiger partial charge in [0.05, 0.1) is 17.3 Å². The molecule has 2 aliphatic rings. The molecule has 0 radical (unpaired) electrons. The van der Waals surface area contributed by atoms with Crippen molar-refractivity contribution in [3.05, 3.63) is 29.0 Å². The van der Waals surface area contributed by atoms with Crippen molar-refractivity contribution >= 4 is 39.9 Å². The first-order chi connectivity index (χ1) is 15.5. The largest absolute Gasteiger partial charge is 0.373 e. The molecule has 1 aromatic carbocycles. The van der Waals surface area contributed by atoms with E-state index in [1.54, 1.807) is 10.9 Å². The number of carbonyl (C=O) groups excluding carboxylic acids is 2. The molecule has 2 saturated heterocycles. The van der Waals surface area contributed by atoms with Crippen molar-refractivity contribution < 1.29 is 14.0 Å². The molecule has 2 unspecified atom stereocenters. The van der Waals surface area contributed by atoms with Gasteiger partial charge >= 0.3 is 6.15 Å². The van der Waals surface area contributed by atoms with Gasteiger partial charge in [0, 0.05) is 38.0 Å². The van der Waals surface area contributed by atoms with Gasteiger partial charge in [-0.05, 0) is 29.8 Å². The molecular weight excluding hydrogens is 459 g/mol. The number of nitrogens with zero attached hydrogens (tertiary/aromatic N) is 8. The second-order valence-corrected chi connectivity index (χ2v) is 8.97. The van der Waals surface area contributed by atoms with Gasteiger partial charge in [-0.3, -0.25) is 0 Å². The second kappa shape index (κ2) is 9.68. The van der Waals surface area contributed by atoms with Gasteiger partial charge in [-0.1, -0.05) is 29.9 Å². The zero-order valence-electron chi connectivity index (χ0n) is 17.2. The highest BCUT2D eigenvalue weighted by molar-refractivity contribution is 7.18. The van der Waals surface area contributed by atoms with Crippen molar-refractivity contribution in [3.63, 3.8) is 0 Å².